The molecule has 2 aromatic carbocycles. The Morgan fingerprint density at radius 3 is 2.60 bits per heavy atom. The van der Waals surface area contributed by atoms with Crippen molar-refractivity contribution in [3.05, 3.63) is 78.1 Å². The average molecular weight is 404 g/mol. The van der Waals surface area contributed by atoms with Crippen LogP contribution in [0.15, 0.2) is 71.3 Å². The number of carbonyl (C=O) groups excluding carboxylic acids is 1. The summed E-state index contributed by atoms with van der Waals surface area (Å²) in [5, 5.41) is 4.14. The molecule has 1 atom stereocenters. The summed E-state index contributed by atoms with van der Waals surface area (Å²) in [6.07, 6.45) is 3.17. The fourth-order valence-electron chi connectivity index (χ4n) is 4.20. The molecular weight excluding hydrogens is 374 g/mol. The van der Waals surface area contributed by atoms with E-state index < -0.39 is 0 Å². The van der Waals surface area contributed by atoms with E-state index in [0.717, 1.165) is 38.0 Å². The van der Waals surface area contributed by atoms with E-state index in [4.69, 9.17) is 4.52 Å². The van der Waals surface area contributed by atoms with Crippen molar-refractivity contribution >= 4 is 5.91 Å². The first-order valence-electron chi connectivity index (χ1n) is 10.7. The molecule has 0 radical (unpaired) electrons. The van der Waals surface area contributed by atoms with Gasteiger partial charge in [-0.05, 0) is 44.3 Å². The Kier molecular flexibility index (Phi) is 6.60. The number of hydrogen-bond donors (Lipinski definition) is 0. The van der Waals surface area contributed by atoms with Gasteiger partial charge in [0.05, 0.1) is 0 Å². The molecule has 0 bridgehead atoms. The van der Waals surface area contributed by atoms with E-state index in [-0.39, 0.29) is 5.91 Å². The minimum Gasteiger partial charge on any atom is -0.350 e. The van der Waals surface area contributed by atoms with Crippen molar-refractivity contribution in [1.82, 2.24) is 15.0 Å². The van der Waals surface area contributed by atoms with Crippen molar-refractivity contribution < 1.29 is 9.32 Å². The maximum Gasteiger partial charge on any atom is 0.292 e. The highest BCUT2D eigenvalue weighted by molar-refractivity contribution is 5.92. The lowest BCUT2D eigenvalue weighted by atomic mass is 9.97. The van der Waals surface area contributed by atoms with E-state index in [9.17, 15) is 4.79 Å². The van der Waals surface area contributed by atoms with Crippen LogP contribution < -0.4 is 0 Å². The van der Waals surface area contributed by atoms with Gasteiger partial charge < -0.3 is 14.3 Å². The van der Waals surface area contributed by atoms with E-state index in [1.54, 1.807) is 6.07 Å². The highest BCUT2D eigenvalue weighted by atomic mass is 16.5. The molecule has 2 heterocycles. The number of benzene rings is 2. The number of carbonyl (C=O) groups is 1. The summed E-state index contributed by atoms with van der Waals surface area (Å²) in [4.78, 5) is 17.7. The fourth-order valence-corrected chi connectivity index (χ4v) is 4.20. The summed E-state index contributed by atoms with van der Waals surface area (Å²) < 4.78 is 5.47. The van der Waals surface area contributed by atoms with Crippen LogP contribution in [0.5, 0.6) is 0 Å². The first-order chi connectivity index (χ1) is 14.7. The Balaban J connectivity index is 1.50. The largest absolute Gasteiger partial charge is 0.350 e. The predicted octanol–water partition coefficient (Wildman–Crippen LogP) is 4.37. The van der Waals surface area contributed by atoms with Crippen molar-refractivity contribution in [3.8, 4) is 11.3 Å². The maximum absolute atomic E-state index is 13.3. The molecule has 0 N–H and O–H groups in total. The summed E-state index contributed by atoms with van der Waals surface area (Å²) in [7, 11) is 2.16. The van der Waals surface area contributed by atoms with Crippen molar-refractivity contribution in [2.45, 2.75) is 19.3 Å². The molecule has 1 fully saturated rings. The molecule has 5 nitrogen and oxygen atoms in total. The first kappa shape index (κ1) is 20.4. The van der Waals surface area contributed by atoms with Crippen LogP contribution in [0, 0.1) is 5.92 Å². The van der Waals surface area contributed by atoms with Crippen LogP contribution >= 0.6 is 0 Å². The lowest BCUT2D eigenvalue weighted by molar-refractivity contribution is 0.0652. The second kappa shape index (κ2) is 9.72. The Labute approximate surface area is 178 Å². The summed E-state index contributed by atoms with van der Waals surface area (Å²) in [5.74, 6) is 0.722. The van der Waals surface area contributed by atoms with Crippen molar-refractivity contribution in [3.63, 3.8) is 0 Å². The van der Waals surface area contributed by atoms with E-state index >= 15 is 0 Å². The van der Waals surface area contributed by atoms with Crippen LogP contribution in [0.4, 0.5) is 0 Å². The van der Waals surface area contributed by atoms with Gasteiger partial charge in [0.15, 0.2) is 0 Å². The van der Waals surface area contributed by atoms with Crippen molar-refractivity contribution in [2.24, 2.45) is 5.92 Å². The molecule has 1 aromatic heterocycles. The van der Waals surface area contributed by atoms with E-state index in [0.29, 0.717) is 23.9 Å². The molecule has 3 aromatic rings. The van der Waals surface area contributed by atoms with E-state index in [2.05, 4.69) is 29.2 Å². The number of amides is 1. The molecule has 4 rings (SSSR count). The molecule has 0 spiro atoms. The van der Waals surface area contributed by atoms with Gasteiger partial charge in [0.1, 0.15) is 5.69 Å². The number of hydrogen-bond acceptors (Lipinski definition) is 4. The number of aromatic nitrogens is 1. The fraction of sp³-hybridized carbons (Fsp3) is 0.360. The maximum atomic E-state index is 13.3. The third kappa shape index (κ3) is 5.16. The van der Waals surface area contributed by atoms with E-state index in [1.807, 2.05) is 53.4 Å². The standard InChI is InChI=1S/C25H29N3O2/c1-27-15-8-11-21(18-27)19-28(16-14-20-9-4-2-5-10-20)25(29)24-17-23(26-30-24)22-12-6-3-7-13-22/h2-7,9-10,12-13,17,21H,8,11,14-16,18-19H2,1H3. The molecule has 1 amide bonds. The molecule has 1 saturated heterocycles. The quantitative estimate of drug-likeness (QED) is 0.588. The highest BCUT2D eigenvalue weighted by Crippen LogP contribution is 2.22. The summed E-state index contributed by atoms with van der Waals surface area (Å²) in [6.45, 7) is 3.58. The molecule has 1 aliphatic rings. The monoisotopic (exact) mass is 403 g/mol. The first-order valence-corrected chi connectivity index (χ1v) is 10.7. The average Bonchev–Trinajstić information content (AvgIpc) is 3.28. The normalized spacial score (nSPS) is 17.0. The number of piperidine rings is 1. The van der Waals surface area contributed by atoms with Gasteiger partial charge in [-0.25, -0.2) is 0 Å². The molecule has 156 valence electrons. The third-order valence-corrected chi connectivity index (χ3v) is 5.79. The molecule has 0 saturated carbocycles. The molecule has 1 unspecified atom stereocenters. The second-order valence-corrected chi connectivity index (χ2v) is 8.20. The summed E-state index contributed by atoms with van der Waals surface area (Å²) in [6, 6.07) is 21.9. The van der Waals surface area contributed by atoms with Gasteiger partial charge in [-0.1, -0.05) is 65.8 Å². The SMILES string of the molecule is CN1CCCC(CN(CCc2ccccc2)C(=O)c2cc(-c3ccccc3)no2)C1. The lowest BCUT2D eigenvalue weighted by Gasteiger charge is -2.33. The van der Waals surface area contributed by atoms with Crippen LogP contribution in [0.2, 0.25) is 0 Å². The van der Waals surface area contributed by atoms with Gasteiger partial charge in [-0.3, -0.25) is 4.79 Å². The zero-order valence-corrected chi connectivity index (χ0v) is 17.5. The molecule has 0 aliphatic carbocycles. The highest BCUT2D eigenvalue weighted by Gasteiger charge is 2.26. The van der Waals surface area contributed by atoms with Crippen molar-refractivity contribution in [2.75, 3.05) is 33.2 Å². The molecule has 5 heteroatoms. The number of rotatable bonds is 7. The van der Waals surface area contributed by atoms with Gasteiger partial charge in [-0.2, -0.15) is 0 Å². The Hall–Kier alpha value is -2.92. The van der Waals surface area contributed by atoms with Gasteiger partial charge in [-0.15, -0.1) is 0 Å². The summed E-state index contributed by atoms with van der Waals surface area (Å²) >= 11 is 0. The summed E-state index contributed by atoms with van der Waals surface area (Å²) in [5.41, 5.74) is 2.88. The number of nitrogens with zero attached hydrogens (tertiary/aromatic N) is 3. The van der Waals surface area contributed by atoms with Gasteiger partial charge in [0.2, 0.25) is 5.76 Å². The van der Waals surface area contributed by atoms with Gasteiger partial charge >= 0.3 is 0 Å². The Morgan fingerprint density at radius 1 is 1.13 bits per heavy atom. The van der Waals surface area contributed by atoms with Crippen LogP contribution in [0.1, 0.15) is 29.0 Å². The third-order valence-electron chi connectivity index (χ3n) is 5.79. The number of likely N-dealkylation sites (tertiary alicyclic amines) is 1. The van der Waals surface area contributed by atoms with Gasteiger partial charge in [0, 0.05) is 31.3 Å². The van der Waals surface area contributed by atoms with Gasteiger partial charge in [0.25, 0.3) is 5.91 Å². The molecule has 30 heavy (non-hydrogen) atoms. The zero-order chi connectivity index (χ0) is 20.8. The second-order valence-electron chi connectivity index (χ2n) is 8.20. The Bertz CT molecular complexity index is 939. The van der Waals surface area contributed by atoms with E-state index in [1.165, 1.54) is 12.0 Å². The minimum absolute atomic E-state index is 0.0751. The molecule has 1 aliphatic heterocycles. The van der Waals surface area contributed by atoms with Crippen molar-refractivity contribution in [1.29, 1.82) is 0 Å². The minimum atomic E-state index is -0.0751. The zero-order valence-electron chi connectivity index (χ0n) is 17.5. The van der Waals surface area contributed by atoms with Crippen LogP contribution in [0.3, 0.4) is 0 Å². The predicted molar refractivity (Wildman–Crippen MR) is 118 cm³/mol. The van der Waals surface area contributed by atoms with Crippen LogP contribution in [-0.4, -0.2) is 54.1 Å². The topological polar surface area (TPSA) is 49.6 Å². The van der Waals surface area contributed by atoms with Crippen LogP contribution in [0.25, 0.3) is 11.3 Å². The van der Waals surface area contributed by atoms with Crippen LogP contribution in [-0.2, 0) is 6.42 Å². The molecular formula is C25H29N3O2. The lowest BCUT2D eigenvalue weighted by Crippen LogP contribution is -2.42. The smallest absolute Gasteiger partial charge is 0.292 e. The Morgan fingerprint density at radius 2 is 1.87 bits per heavy atom.